The summed E-state index contributed by atoms with van der Waals surface area (Å²) in [7, 11) is -0.804. The summed E-state index contributed by atoms with van der Waals surface area (Å²) in [4.78, 5) is 0. The minimum absolute atomic E-state index is 0.117. The molecule has 1 heterocycles. The first-order valence-electron chi connectivity index (χ1n) is 8.52. The minimum Gasteiger partial charge on any atom is -0.398 e. The van der Waals surface area contributed by atoms with E-state index in [1.54, 1.807) is 0 Å². The summed E-state index contributed by atoms with van der Waals surface area (Å²) in [5.74, 6) is 0. The van der Waals surface area contributed by atoms with E-state index in [4.69, 9.17) is 9.31 Å². The van der Waals surface area contributed by atoms with E-state index in [0.717, 1.165) is 37.7 Å². The van der Waals surface area contributed by atoms with Gasteiger partial charge < -0.3 is 9.31 Å². The van der Waals surface area contributed by atoms with Crippen molar-refractivity contribution in [2.24, 2.45) is 5.41 Å². The maximum absolute atomic E-state index is 15.2. The van der Waals surface area contributed by atoms with Crippen molar-refractivity contribution in [1.82, 2.24) is 0 Å². The molecule has 21 heavy (non-hydrogen) atoms. The molecule has 0 aromatic carbocycles. The third kappa shape index (κ3) is 2.48. The lowest BCUT2D eigenvalue weighted by Crippen LogP contribution is -2.41. The largest absolute Gasteiger partial charge is 0.525 e. The van der Waals surface area contributed by atoms with Gasteiger partial charge in [0, 0.05) is 0 Å². The van der Waals surface area contributed by atoms with Crippen LogP contribution in [0.25, 0.3) is 0 Å². The summed E-state index contributed by atoms with van der Waals surface area (Å²) >= 11 is 0. The van der Waals surface area contributed by atoms with Crippen molar-refractivity contribution in [3.8, 4) is 0 Å². The van der Waals surface area contributed by atoms with Crippen molar-refractivity contribution in [1.29, 1.82) is 0 Å². The molecule has 0 unspecified atom stereocenters. The van der Waals surface area contributed by atoms with Gasteiger partial charge in [0.1, 0.15) is 5.73 Å². The van der Waals surface area contributed by atoms with Crippen LogP contribution in [0.1, 0.15) is 79.1 Å². The van der Waals surface area contributed by atoms with E-state index < -0.39 is 18.3 Å². The van der Waals surface area contributed by atoms with E-state index in [-0.39, 0.29) is 11.1 Å². The predicted molar refractivity (Wildman–Crippen MR) is 83.6 cm³/mol. The zero-order valence-corrected chi connectivity index (χ0v) is 13.9. The molecule has 0 N–H and O–H groups in total. The molecule has 3 fully saturated rings. The molecular formula is C17H28BFO2. The first-order chi connectivity index (χ1) is 9.78. The van der Waals surface area contributed by atoms with Crippen molar-refractivity contribution in [3.63, 3.8) is 0 Å². The van der Waals surface area contributed by atoms with E-state index in [1.165, 1.54) is 19.3 Å². The Kier molecular flexibility index (Phi) is 3.77. The molecule has 1 aliphatic heterocycles. The molecule has 0 bridgehead atoms. The summed E-state index contributed by atoms with van der Waals surface area (Å²) < 4.78 is 27.0. The molecule has 118 valence electrons. The van der Waals surface area contributed by atoms with Crippen LogP contribution in [0.4, 0.5) is 4.39 Å². The van der Waals surface area contributed by atoms with Gasteiger partial charge >= 0.3 is 7.12 Å². The summed E-state index contributed by atoms with van der Waals surface area (Å²) in [5.41, 5.74) is 0.0852. The van der Waals surface area contributed by atoms with Gasteiger partial charge in [0.25, 0.3) is 0 Å². The molecule has 2 nitrogen and oxygen atoms in total. The Morgan fingerprint density at radius 2 is 1.43 bits per heavy atom. The molecule has 3 aliphatic rings. The standard InChI is InChI=1S/C17H28BFO2/c1-15(2)16(3,4)21-18(20-15)14(19)13-9-8-12-17(13)10-6-5-7-11-17/h5-12H2,1-4H3. The molecule has 1 spiro atoms. The first-order valence-corrected chi connectivity index (χ1v) is 8.52. The Hall–Kier alpha value is -0.345. The Morgan fingerprint density at radius 3 is 2.00 bits per heavy atom. The van der Waals surface area contributed by atoms with Crippen molar-refractivity contribution < 1.29 is 13.7 Å². The van der Waals surface area contributed by atoms with E-state index in [9.17, 15) is 0 Å². The van der Waals surface area contributed by atoms with Gasteiger partial charge in [-0.2, -0.15) is 0 Å². The number of hydrogen-bond acceptors (Lipinski definition) is 2. The Labute approximate surface area is 128 Å². The Balaban J connectivity index is 1.88. The van der Waals surface area contributed by atoms with Crippen LogP contribution in [-0.2, 0) is 9.31 Å². The van der Waals surface area contributed by atoms with Gasteiger partial charge in [0.2, 0.25) is 0 Å². The van der Waals surface area contributed by atoms with E-state index in [1.807, 2.05) is 27.7 Å². The normalized spacial score (nSPS) is 32.7. The first kappa shape index (κ1) is 15.5. The van der Waals surface area contributed by atoms with Crippen molar-refractivity contribution in [2.45, 2.75) is 90.3 Å². The predicted octanol–water partition coefficient (Wildman–Crippen LogP) is 4.98. The fourth-order valence-electron chi connectivity index (χ4n) is 4.26. The summed E-state index contributed by atoms with van der Waals surface area (Å²) in [5, 5.41) is 0. The monoisotopic (exact) mass is 294 g/mol. The topological polar surface area (TPSA) is 18.5 Å². The molecule has 0 radical (unpaired) electrons. The molecular weight excluding hydrogens is 266 g/mol. The number of rotatable bonds is 1. The van der Waals surface area contributed by atoms with Gasteiger partial charge in [-0.05, 0) is 70.8 Å². The molecule has 2 saturated carbocycles. The maximum Gasteiger partial charge on any atom is 0.525 e. The molecule has 0 amide bonds. The lowest BCUT2D eigenvalue weighted by atomic mass is 9.67. The molecule has 0 aromatic heterocycles. The fourth-order valence-corrected chi connectivity index (χ4v) is 4.26. The number of hydrogen-bond donors (Lipinski definition) is 0. The number of allylic oxidation sites excluding steroid dienone is 1. The fraction of sp³-hybridized carbons (Fsp3) is 0.882. The zero-order chi connectivity index (χ0) is 15.3. The van der Waals surface area contributed by atoms with Crippen LogP contribution >= 0.6 is 0 Å². The van der Waals surface area contributed by atoms with E-state index in [2.05, 4.69) is 0 Å². The average Bonchev–Trinajstić information content (AvgIpc) is 2.89. The number of halogens is 1. The van der Waals surface area contributed by atoms with E-state index in [0.29, 0.717) is 0 Å². The third-order valence-corrected chi connectivity index (χ3v) is 6.28. The molecule has 0 atom stereocenters. The van der Waals surface area contributed by atoms with E-state index >= 15 is 4.39 Å². The molecule has 4 heteroatoms. The van der Waals surface area contributed by atoms with Gasteiger partial charge in [-0.25, -0.2) is 4.39 Å². The average molecular weight is 294 g/mol. The quantitative estimate of drug-likeness (QED) is 0.635. The van der Waals surface area contributed by atoms with Crippen LogP contribution in [0.15, 0.2) is 11.3 Å². The highest BCUT2D eigenvalue weighted by atomic mass is 19.1. The van der Waals surface area contributed by atoms with Crippen molar-refractivity contribution >= 4 is 7.12 Å². The lowest BCUT2D eigenvalue weighted by Gasteiger charge is -2.35. The van der Waals surface area contributed by atoms with Crippen molar-refractivity contribution in [2.75, 3.05) is 0 Å². The highest BCUT2D eigenvalue weighted by molar-refractivity contribution is 6.53. The Bertz CT molecular complexity index is 434. The summed E-state index contributed by atoms with van der Waals surface area (Å²) in [6, 6.07) is 0. The second-order valence-corrected chi connectivity index (χ2v) is 8.11. The molecule has 3 rings (SSSR count). The second kappa shape index (κ2) is 5.09. The van der Waals surface area contributed by atoms with Crippen LogP contribution in [0, 0.1) is 5.41 Å². The second-order valence-electron chi connectivity index (χ2n) is 8.11. The van der Waals surface area contributed by atoms with Crippen LogP contribution in [-0.4, -0.2) is 18.3 Å². The third-order valence-electron chi connectivity index (χ3n) is 6.28. The summed E-state index contributed by atoms with van der Waals surface area (Å²) in [6.07, 6.45) is 9.21. The van der Waals surface area contributed by atoms with Crippen molar-refractivity contribution in [3.05, 3.63) is 11.3 Å². The zero-order valence-electron chi connectivity index (χ0n) is 13.9. The highest BCUT2D eigenvalue weighted by Crippen LogP contribution is 2.54. The maximum atomic E-state index is 15.2. The molecule has 1 saturated heterocycles. The summed E-state index contributed by atoms with van der Waals surface area (Å²) in [6.45, 7) is 7.93. The Morgan fingerprint density at radius 1 is 0.905 bits per heavy atom. The van der Waals surface area contributed by atoms with Crippen LogP contribution < -0.4 is 0 Å². The van der Waals surface area contributed by atoms with Gasteiger partial charge in [-0.3, -0.25) is 0 Å². The highest BCUT2D eigenvalue weighted by Gasteiger charge is 2.55. The molecule has 2 aliphatic carbocycles. The van der Waals surface area contributed by atoms with Gasteiger partial charge in [0.15, 0.2) is 0 Å². The smallest absolute Gasteiger partial charge is 0.398 e. The van der Waals surface area contributed by atoms with Gasteiger partial charge in [-0.15, -0.1) is 0 Å². The minimum atomic E-state index is -0.804. The van der Waals surface area contributed by atoms with Gasteiger partial charge in [-0.1, -0.05) is 19.3 Å². The SMILES string of the molecule is CC1(C)OB(C(F)=C2CCCC23CCCCC3)OC1(C)C. The lowest BCUT2D eigenvalue weighted by molar-refractivity contribution is 0.00578. The van der Waals surface area contributed by atoms with Crippen LogP contribution in [0.3, 0.4) is 0 Å². The van der Waals surface area contributed by atoms with Crippen LogP contribution in [0.5, 0.6) is 0 Å². The van der Waals surface area contributed by atoms with Gasteiger partial charge in [0.05, 0.1) is 11.2 Å². The molecule has 0 aromatic rings. The van der Waals surface area contributed by atoms with Crippen LogP contribution in [0.2, 0.25) is 0 Å².